The van der Waals surface area contributed by atoms with Crippen LogP contribution in [-0.2, 0) is 4.79 Å². The van der Waals surface area contributed by atoms with Crippen LogP contribution in [0.2, 0.25) is 0 Å². The van der Waals surface area contributed by atoms with Crippen LogP contribution < -0.4 is 0 Å². The van der Waals surface area contributed by atoms with Crippen molar-refractivity contribution >= 4 is 12.0 Å². The number of nitrogens with zero attached hydrogens (tertiary/aromatic N) is 3. The zero-order chi connectivity index (χ0) is 15.2. The first-order chi connectivity index (χ1) is 9.93. The molecule has 1 aromatic rings. The lowest BCUT2D eigenvalue weighted by atomic mass is 9.84. The maximum atomic E-state index is 12.7. The van der Waals surface area contributed by atoms with Crippen molar-refractivity contribution in [2.45, 2.75) is 39.3 Å². The predicted molar refractivity (Wildman–Crippen MR) is 80.6 cm³/mol. The smallest absolute Gasteiger partial charge is 0.162 e. The van der Waals surface area contributed by atoms with Crippen LogP contribution in [0.4, 0.5) is 0 Å². The fourth-order valence-electron chi connectivity index (χ4n) is 3.24. The molecule has 0 N–H and O–H groups in total. The second kappa shape index (κ2) is 4.70. The van der Waals surface area contributed by atoms with E-state index >= 15 is 0 Å². The third kappa shape index (κ3) is 2.13. The van der Waals surface area contributed by atoms with Crippen molar-refractivity contribution in [1.29, 1.82) is 5.26 Å². The molecule has 0 aliphatic carbocycles. The van der Waals surface area contributed by atoms with Crippen molar-refractivity contribution in [3.05, 3.63) is 35.4 Å². The van der Waals surface area contributed by atoms with Crippen LogP contribution in [0, 0.1) is 22.7 Å². The normalized spacial score (nSPS) is 27.0. The third-order valence-corrected chi connectivity index (χ3v) is 4.32. The Kier molecular flexibility index (Phi) is 3.09. The van der Waals surface area contributed by atoms with E-state index in [2.05, 4.69) is 11.2 Å². The number of carbonyl (C=O) groups is 1. The molecule has 1 unspecified atom stereocenters. The van der Waals surface area contributed by atoms with Crippen molar-refractivity contribution in [3.63, 3.8) is 0 Å². The maximum absolute atomic E-state index is 12.7. The van der Waals surface area contributed by atoms with E-state index in [9.17, 15) is 10.1 Å². The Balaban J connectivity index is 2.03. The summed E-state index contributed by atoms with van der Waals surface area (Å²) in [5.41, 5.74) is 1.72. The highest BCUT2D eigenvalue weighted by Gasteiger charge is 2.48. The lowest BCUT2D eigenvalue weighted by Crippen LogP contribution is -2.41. The zero-order valence-electron chi connectivity index (χ0n) is 12.6. The molecule has 0 bridgehead atoms. The van der Waals surface area contributed by atoms with Gasteiger partial charge in [-0.05, 0) is 17.5 Å². The molecule has 0 aromatic heterocycles. The largest absolute Gasteiger partial charge is 0.297 e. The molecule has 21 heavy (non-hydrogen) atoms. The molecular weight excluding hydrogens is 262 g/mol. The van der Waals surface area contributed by atoms with Gasteiger partial charge in [0.15, 0.2) is 5.78 Å². The average Bonchev–Trinajstić information content (AvgIpc) is 2.84. The van der Waals surface area contributed by atoms with E-state index in [1.807, 2.05) is 50.0 Å². The van der Waals surface area contributed by atoms with Crippen LogP contribution >= 0.6 is 0 Å². The van der Waals surface area contributed by atoms with E-state index in [-0.39, 0.29) is 23.8 Å². The highest BCUT2D eigenvalue weighted by molar-refractivity contribution is 5.90. The molecule has 4 heteroatoms. The number of fused-ring (bicyclic) bond motifs is 3. The van der Waals surface area contributed by atoms with E-state index < -0.39 is 5.41 Å². The quantitative estimate of drug-likeness (QED) is 0.795. The molecule has 108 valence electrons. The molecule has 0 amide bonds. The van der Waals surface area contributed by atoms with E-state index in [0.717, 1.165) is 11.1 Å². The molecule has 1 fully saturated rings. The summed E-state index contributed by atoms with van der Waals surface area (Å²) < 4.78 is 0. The van der Waals surface area contributed by atoms with Gasteiger partial charge in [0.05, 0.1) is 24.2 Å². The van der Waals surface area contributed by atoms with Gasteiger partial charge in [-0.3, -0.25) is 9.80 Å². The van der Waals surface area contributed by atoms with Crippen LogP contribution in [0.5, 0.6) is 0 Å². The van der Waals surface area contributed by atoms with Gasteiger partial charge in [0.1, 0.15) is 6.04 Å². The van der Waals surface area contributed by atoms with Crippen molar-refractivity contribution in [2.24, 2.45) is 16.4 Å². The van der Waals surface area contributed by atoms with Crippen LogP contribution in [0.15, 0.2) is 29.4 Å². The number of hydrogen-bond donors (Lipinski definition) is 0. The molecule has 0 radical (unpaired) electrons. The second-order valence-corrected chi connectivity index (χ2v) is 6.80. The predicted octanol–water partition coefficient (Wildman–Crippen LogP) is 2.90. The summed E-state index contributed by atoms with van der Waals surface area (Å²) in [7, 11) is 0. The number of ketones is 1. The topological polar surface area (TPSA) is 56.5 Å². The molecule has 2 heterocycles. The lowest BCUT2D eigenvalue weighted by molar-refractivity contribution is -0.131. The Labute approximate surface area is 125 Å². The summed E-state index contributed by atoms with van der Waals surface area (Å²) in [4.78, 5) is 12.7. The molecule has 2 aliphatic heterocycles. The van der Waals surface area contributed by atoms with Crippen molar-refractivity contribution < 1.29 is 4.79 Å². The van der Waals surface area contributed by atoms with Gasteiger partial charge in [0.2, 0.25) is 0 Å². The standard InChI is InChI=1S/C17H19N3O/c1-17(2,3)16(21)14-8-12(9-18)15-13-7-5-4-6-11(13)10-19-20(14)15/h4-7,10,12,14-15H,8H2,1-3H3/t12-,14+,15?/m0/s1. The average molecular weight is 281 g/mol. The molecule has 2 aliphatic rings. The van der Waals surface area contributed by atoms with Gasteiger partial charge in [-0.1, -0.05) is 45.0 Å². The van der Waals surface area contributed by atoms with E-state index in [4.69, 9.17) is 0 Å². The number of Topliss-reactive ketones (excluding diaryl/α,β-unsaturated/α-hetero) is 1. The summed E-state index contributed by atoms with van der Waals surface area (Å²) in [5, 5.41) is 15.8. The van der Waals surface area contributed by atoms with Gasteiger partial charge in [-0.25, -0.2) is 0 Å². The van der Waals surface area contributed by atoms with Gasteiger partial charge in [0.25, 0.3) is 0 Å². The number of rotatable bonds is 1. The minimum absolute atomic E-state index is 0.104. The fraction of sp³-hybridized carbons (Fsp3) is 0.471. The second-order valence-electron chi connectivity index (χ2n) is 6.80. The third-order valence-electron chi connectivity index (χ3n) is 4.32. The summed E-state index contributed by atoms with van der Waals surface area (Å²) in [6.45, 7) is 5.77. The number of carbonyl (C=O) groups excluding carboxylic acids is 1. The molecule has 3 rings (SSSR count). The highest BCUT2D eigenvalue weighted by atomic mass is 16.1. The van der Waals surface area contributed by atoms with Gasteiger partial charge in [-0.15, -0.1) is 0 Å². The van der Waals surface area contributed by atoms with E-state index in [1.54, 1.807) is 6.21 Å². The van der Waals surface area contributed by atoms with Crippen LogP contribution in [0.25, 0.3) is 0 Å². The van der Waals surface area contributed by atoms with Crippen molar-refractivity contribution in [3.8, 4) is 6.07 Å². The van der Waals surface area contributed by atoms with Crippen molar-refractivity contribution in [2.75, 3.05) is 0 Å². The number of hydrazone groups is 1. The summed E-state index contributed by atoms with van der Waals surface area (Å²) in [6.07, 6.45) is 2.36. The van der Waals surface area contributed by atoms with Crippen LogP contribution in [0.1, 0.15) is 44.4 Å². The molecule has 0 saturated carbocycles. The fourth-order valence-corrected chi connectivity index (χ4v) is 3.24. The molecule has 1 aromatic carbocycles. The minimum Gasteiger partial charge on any atom is -0.297 e. The van der Waals surface area contributed by atoms with E-state index in [0.29, 0.717) is 6.42 Å². The Morgan fingerprint density at radius 1 is 1.38 bits per heavy atom. The Bertz CT molecular complexity index is 651. The first-order valence-corrected chi connectivity index (χ1v) is 7.28. The van der Waals surface area contributed by atoms with Gasteiger partial charge < -0.3 is 0 Å². The van der Waals surface area contributed by atoms with Gasteiger partial charge in [0, 0.05) is 5.41 Å². The Morgan fingerprint density at radius 2 is 2.10 bits per heavy atom. The lowest BCUT2D eigenvalue weighted by Gasteiger charge is -2.33. The van der Waals surface area contributed by atoms with Crippen LogP contribution in [0.3, 0.4) is 0 Å². The maximum Gasteiger partial charge on any atom is 0.162 e. The molecule has 0 spiro atoms. The van der Waals surface area contributed by atoms with Gasteiger partial charge >= 0.3 is 0 Å². The summed E-state index contributed by atoms with van der Waals surface area (Å²) >= 11 is 0. The SMILES string of the molecule is CC(C)(C)C(=O)[C@H]1C[C@@H](C#N)C2c3ccccc3C=NN21. The van der Waals surface area contributed by atoms with Gasteiger partial charge in [-0.2, -0.15) is 10.4 Å². The summed E-state index contributed by atoms with van der Waals surface area (Å²) in [5.74, 6) is -0.0401. The number of benzene rings is 1. The first kappa shape index (κ1) is 13.8. The molecular formula is C17H19N3O. The van der Waals surface area contributed by atoms with E-state index in [1.165, 1.54) is 0 Å². The minimum atomic E-state index is -0.425. The number of hydrogen-bond acceptors (Lipinski definition) is 4. The monoisotopic (exact) mass is 281 g/mol. The molecule has 1 saturated heterocycles. The van der Waals surface area contributed by atoms with Crippen LogP contribution in [-0.4, -0.2) is 23.0 Å². The molecule has 3 atom stereocenters. The number of nitriles is 1. The Morgan fingerprint density at radius 3 is 2.76 bits per heavy atom. The molecule has 4 nitrogen and oxygen atoms in total. The first-order valence-electron chi connectivity index (χ1n) is 7.28. The Hall–Kier alpha value is -2.15. The highest BCUT2D eigenvalue weighted by Crippen LogP contribution is 2.45. The summed E-state index contributed by atoms with van der Waals surface area (Å²) in [6, 6.07) is 9.95. The van der Waals surface area contributed by atoms with Crippen molar-refractivity contribution in [1.82, 2.24) is 5.01 Å². The zero-order valence-corrected chi connectivity index (χ0v) is 12.6.